The Hall–Kier alpha value is -1.39. The lowest BCUT2D eigenvalue weighted by molar-refractivity contribution is 0.563. The third kappa shape index (κ3) is 1.12. The Kier molecular flexibility index (Phi) is 1.66. The van der Waals surface area contributed by atoms with Crippen LogP contribution >= 0.6 is 0 Å². The second-order valence-corrected chi connectivity index (χ2v) is 1.48. The van der Waals surface area contributed by atoms with Crippen LogP contribution in [0.15, 0.2) is 28.7 Å². The zero-order chi connectivity index (χ0) is 7.56. The standard InChI is InChI=1S/C7F2O/c8-6-1-2-7(9)5(3-6)4-10. The highest BCUT2D eigenvalue weighted by molar-refractivity contribution is 5.65. The zero-order valence-corrected chi connectivity index (χ0v) is 4.66. The van der Waals surface area contributed by atoms with Crippen molar-refractivity contribution in [2.24, 2.45) is 0 Å². The molecule has 48 valence electrons. The van der Waals surface area contributed by atoms with Crippen molar-refractivity contribution >= 4 is 5.94 Å². The van der Waals surface area contributed by atoms with Gasteiger partial charge >= 0.3 is 0 Å². The summed E-state index contributed by atoms with van der Waals surface area (Å²) in [5, 5.41) is 0. The number of hydrogen-bond donors (Lipinski definition) is 0. The molecule has 3 heteroatoms. The number of halogens is 2. The van der Waals surface area contributed by atoms with E-state index in [0.29, 0.717) is 0 Å². The summed E-state index contributed by atoms with van der Waals surface area (Å²) in [5.41, 5.74) is 2.94. The molecule has 2 radical (unpaired) electrons. The van der Waals surface area contributed by atoms with Gasteiger partial charge in [-0.2, -0.15) is 4.39 Å². The average Bonchev–Trinajstić information content (AvgIpc) is 1.94. The summed E-state index contributed by atoms with van der Waals surface area (Å²) in [5.74, 6) is -0.770. The molecule has 1 nitrogen and oxygen atoms in total. The molecule has 0 aromatic rings. The normalized spacial score (nSPS) is 16.0. The largest absolute Gasteiger partial charge is 0.233 e. The molecule has 0 saturated heterocycles. The lowest BCUT2D eigenvalue weighted by Crippen LogP contribution is -1.89. The predicted molar refractivity (Wildman–Crippen MR) is 28.7 cm³/mol. The van der Waals surface area contributed by atoms with E-state index in [1.165, 1.54) is 0 Å². The van der Waals surface area contributed by atoms with Gasteiger partial charge in [0.25, 0.3) is 0 Å². The topological polar surface area (TPSA) is 17.1 Å². The maximum atomic E-state index is 12.2. The van der Waals surface area contributed by atoms with Gasteiger partial charge in [0.15, 0.2) is 11.7 Å². The van der Waals surface area contributed by atoms with Crippen molar-refractivity contribution in [2.75, 3.05) is 0 Å². The summed E-state index contributed by atoms with van der Waals surface area (Å²) in [6.07, 6.45) is 1.77. The van der Waals surface area contributed by atoms with Crippen LogP contribution in [0.25, 0.3) is 0 Å². The maximum Gasteiger partial charge on any atom is 0.188 e. The molecule has 0 bridgehead atoms. The van der Waals surface area contributed by atoms with Crippen molar-refractivity contribution in [3.05, 3.63) is 35.1 Å². The molecule has 1 rings (SSSR count). The van der Waals surface area contributed by atoms with Crippen LogP contribution in [0, 0.1) is 6.42 Å². The van der Waals surface area contributed by atoms with Crippen LogP contribution in [0.1, 0.15) is 0 Å². The summed E-state index contributed by atoms with van der Waals surface area (Å²) in [4.78, 5) is 9.78. The fraction of sp³-hybridized carbons (Fsp3) is 0. The van der Waals surface area contributed by atoms with Gasteiger partial charge in [0.1, 0.15) is 12.4 Å². The summed E-state index contributed by atoms with van der Waals surface area (Å²) < 4.78 is 24.3. The van der Waals surface area contributed by atoms with Crippen molar-refractivity contribution in [1.29, 1.82) is 0 Å². The Labute approximate surface area is 55.7 Å². The first-order chi connectivity index (χ1) is 4.74. The molecule has 0 unspecified atom stereocenters. The van der Waals surface area contributed by atoms with Gasteiger partial charge < -0.3 is 0 Å². The molecular formula is C7F2O. The van der Waals surface area contributed by atoms with Crippen LogP contribution in [0.3, 0.4) is 0 Å². The summed E-state index contributed by atoms with van der Waals surface area (Å²) in [6, 6.07) is 0. The van der Waals surface area contributed by atoms with Crippen molar-refractivity contribution in [2.45, 2.75) is 0 Å². The molecule has 0 aromatic heterocycles. The highest BCUT2D eigenvalue weighted by Gasteiger charge is 2.12. The number of allylic oxidation sites excluding steroid dienone is 3. The first kappa shape index (κ1) is 6.73. The molecule has 0 spiro atoms. The summed E-state index contributed by atoms with van der Waals surface area (Å²) >= 11 is 0. The third-order valence-corrected chi connectivity index (χ3v) is 0.838. The molecule has 0 N–H and O–H groups in total. The lowest BCUT2D eigenvalue weighted by Gasteiger charge is -1.94. The van der Waals surface area contributed by atoms with Gasteiger partial charge in [-0.05, 0) is 11.5 Å². The first-order valence-electron chi connectivity index (χ1n) is 2.33. The lowest BCUT2D eigenvalue weighted by atomic mass is 10.1. The van der Waals surface area contributed by atoms with E-state index in [1.807, 2.05) is 0 Å². The number of carbonyl (C=O) groups excluding carboxylic acids is 1. The van der Waals surface area contributed by atoms with Crippen LogP contribution in [-0.4, -0.2) is 5.94 Å². The fourth-order valence-corrected chi connectivity index (χ4v) is 0.438. The third-order valence-electron chi connectivity index (χ3n) is 0.838. The molecule has 0 aliphatic heterocycles. The van der Waals surface area contributed by atoms with Gasteiger partial charge in [0.05, 0.1) is 5.57 Å². The van der Waals surface area contributed by atoms with Gasteiger partial charge in [0, 0.05) is 0 Å². The molecule has 0 fully saturated rings. The highest BCUT2D eigenvalue weighted by atomic mass is 19.1. The van der Waals surface area contributed by atoms with Crippen LogP contribution in [0.4, 0.5) is 8.78 Å². The highest BCUT2D eigenvalue weighted by Crippen LogP contribution is 2.18. The zero-order valence-electron chi connectivity index (χ0n) is 4.66. The average molecular weight is 138 g/mol. The minimum absolute atomic E-state index is 0.587. The fourth-order valence-electron chi connectivity index (χ4n) is 0.438. The Bertz CT molecular complexity index is 308. The molecular weight excluding hydrogens is 138 g/mol. The molecule has 0 aromatic carbocycles. The van der Waals surface area contributed by atoms with Crippen molar-refractivity contribution in [3.8, 4) is 0 Å². The molecule has 1 aliphatic carbocycles. The molecule has 0 saturated carbocycles. The second-order valence-electron chi connectivity index (χ2n) is 1.48. The minimum Gasteiger partial charge on any atom is -0.233 e. The monoisotopic (exact) mass is 138 g/mol. The van der Waals surface area contributed by atoms with Gasteiger partial charge in [-0.25, -0.2) is 9.18 Å². The van der Waals surface area contributed by atoms with E-state index in [9.17, 15) is 13.6 Å². The van der Waals surface area contributed by atoms with Crippen LogP contribution in [-0.2, 0) is 4.79 Å². The van der Waals surface area contributed by atoms with Crippen molar-refractivity contribution in [3.63, 3.8) is 0 Å². The molecule has 1 aliphatic rings. The van der Waals surface area contributed by atoms with E-state index in [4.69, 9.17) is 0 Å². The minimum atomic E-state index is -0.989. The van der Waals surface area contributed by atoms with E-state index in [0.717, 1.165) is 5.94 Å². The van der Waals surface area contributed by atoms with E-state index in [-0.39, 0.29) is 0 Å². The van der Waals surface area contributed by atoms with Gasteiger partial charge in [-0.15, -0.1) is 0 Å². The van der Waals surface area contributed by atoms with Gasteiger partial charge in [-0.1, -0.05) is 0 Å². The Balaban J connectivity index is 3.26. The summed E-state index contributed by atoms with van der Waals surface area (Å²) in [6.45, 7) is 0. The Morgan fingerprint density at radius 2 is 2.00 bits per heavy atom. The molecule has 0 amide bonds. The molecule has 0 atom stereocenters. The van der Waals surface area contributed by atoms with E-state index in [2.05, 4.69) is 0 Å². The summed E-state index contributed by atoms with van der Waals surface area (Å²) in [7, 11) is 0. The van der Waals surface area contributed by atoms with Crippen LogP contribution in [0.2, 0.25) is 0 Å². The molecule has 0 heterocycles. The smallest absolute Gasteiger partial charge is 0.188 e. The van der Waals surface area contributed by atoms with Crippen molar-refractivity contribution in [1.82, 2.24) is 0 Å². The van der Waals surface area contributed by atoms with E-state index in [1.54, 1.807) is 17.9 Å². The Morgan fingerprint density at radius 1 is 1.30 bits per heavy atom. The van der Waals surface area contributed by atoms with Crippen LogP contribution < -0.4 is 0 Å². The number of hydrogen-bond acceptors (Lipinski definition) is 1. The van der Waals surface area contributed by atoms with E-state index < -0.39 is 17.2 Å². The quantitative estimate of drug-likeness (QED) is 0.364. The Morgan fingerprint density at radius 3 is 2.50 bits per heavy atom. The predicted octanol–water partition coefficient (Wildman–Crippen LogP) is 1.30. The SMILES string of the molecule is O=C=C1[C]C(F)=C=C=C1F. The number of rotatable bonds is 0. The van der Waals surface area contributed by atoms with E-state index >= 15 is 0 Å². The van der Waals surface area contributed by atoms with Gasteiger partial charge in [-0.3, -0.25) is 0 Å². The maximum absolute atomic E-state index is 12.2. The van der Waals surface area contributed by atoms with Crippen LogP contribution in [0.5, 0.6) is 0 Å². The first-order valence-corrected chi connectivity index (χ1v) is 2.33. The second kappa shape index (κ2) is 2.47. The van der Waals surface area contributed by atoms with Crippen molar-refractivity contribution < 1.29 is 13.6 Å². The molecule has 10 heavy (non-hydrogen) atoms. The van der Waals surface area contributed by atoms with Gasteiger partial charge in [0.2, 0.25) is 0 Å².